The van der Waals surface area contributed by atoms with Crippen LogP contribution in [0.15, 0.2) is 60.8 Å². The smallest absolute Gasteiger partial charge is 0.340 e. The van der Waals surface area contributed by atoms with E-state index in [1.165, 1.54) is 4.90 Å². The van der Waals surface area contributed by atoms with E-state index in [1.54, 1.807) is 42.6 Å². The molecule has 2 aromatic heterocycles. The molecule has 0 aliphatic carbocycles. The second-order valence-electron chi connectivity index (χ2n) is 9.16. The van der Waals surface area contributed by atoms with Crippen molar-refractivity contribution in [2.45, 2.75) is 38.0 Å². The first-order valence-corrected chi connectivity index (χ1v) is 11.5. The number of halogens is 3. The van der Waals surface area contributed by atoms with E-state index in [1.807, 2.05) is 18.2 Å². The molecular weight excluding hydrogens is 489 g/mol. The lowest BCUT2D eigenvalue weighted by molar-refractivity contribution is -0.148. The number of hydrogen-bond donors (Lipinski definition) is 2. The van der Waals surface area contributed by atoms with Crippen molar-refractivity contribution in [1.29, 1.82) is 0 Å². The number of carboxylic acid groups (broad SMARTS) is 1. The molecule has 1 atom stereocenters. The third-order valence-electron chi connectivity index (χ3n) is 5.89. The lowest BCUT2D eigenvalue weighted by Gasteiger charge is -2.38. The van der Waals surface area contributed by atoms with Crippen LogP contribution in [0.25, 0.3) is 21.8 Å². The number of carbonyl (C=O) groups excluding carboxylic acids is 1. The highest BCUT2D eigenvalue weighted by Crippen LogP contribution is 2.32. The second kappa shape index (κ2) is 10.1. The van der Waals surface area contributed by atoms with Gasteiger partial charge in [0.15, 0.2) is 6.10 Å². The van der Waals surface area contributed by atoms with E-state index in [-0.39, 0.29) is 24.9 Å². The van der Waals surface area contributed by atoms with Crippen LogP contribution < -0.4 is 4.74 Å². The highest BCUT2D eigenvalue weighted by atomic mass is 19.3. The first kappa shape index (κ1) is 25.9. The fraction of sp³-hybridized carbons (Fsp3) is 0.308. The van der Waals surface area contributed by atoms with E-state index in [0.717, 1.165) is 30.1 Å². The van der Waals surface area contributed by atoms with Crippen LogP contribution in [-0.4, -0.2) is 67.8 Å². The van der Waals surface area contributed by atoms with E-state index in [9.17, 15) is 22.8 Å². The number of carboxylic acids is 1. The number of ether oxygens (including phenoxy) is 1. The van der Waals surface area contributed by atoms with Crippen LogP contribution in [0.2, 0.25) is 0 Å². The molecule has 1 fully saturated rings. The number of nitrogens with one attached hydrogen (secondary N) is 1. The van der Waals surface area contributed by atoms with E-state index in [0.29, 0.717) is 11.1 Å². The van der Waals surface area contributed by atoms with Gasteiger partial charge in [0.2, 0.25) is 11.5 Å². The zero-order chi connectivity index (χ0) is 26.8. The summed E-state index contributed by atoms with van der Waals surface area (Å²) in [6, 6.07) is 15.9. The number of benzene rings is 2. The monoisotopic (exact) mass is 514 g/mol. The van der Waals surface area contributed by atoms with E-state index in [2.05, 4.69) is 15.2 Å². The largest absolute Gasteiger partial charge is 0.479 e. The molecule has 0 bridgehead atoms. The number of nitrogens with zero attached hydrogens (tertiary/aromatic N) is 3. The van der Waals surface area contributed by atoms with Crippen LogP contribution in [0.3, 0.4) is 0 Å². The SMILES string of the molecule is CC(C)(F)C(=O)O.O=C(c1ccc2cn[nH]c2c1)N1CCC(F)(F)C(Oc2ccc3ccccc3n2)C1. The maximum Gasteiger partial charge on any atom is 0.340 e. The number of aromatic amines is 1. The van der Waals surface area contributed by atoms with Crippen LogP contribution in [0, 0.1) is 0 Å². The first-order valence-electron chi connectivity index (χ1n) is 11.5. The number of pyridine rings is 1. The minimum Gasteiger partial charge on any atom is -0.479 e. The molecule has 1 aliphatic rings. The summed E-state index contributed by atoms with van der Waals surface area (Å²) in [5, 5.41) is 16.4. The number of fused-ring (bicyclic) bond motifs is 2. The average Bonchev–Trinajstić information content (AvgIpc) is 3.32. The van der Waals surface area contributed by atoms with Crippen molar-refractivity contribution in [1.82, 2.24) is 20.1 Å². The third kappa shape index (κ3) is 5.99. The lowest BCUT2D eigenvalue weighted by Crippen LogP contribution is -2.55. The minimum absolute atomic E-state index is 0.0438. The van der Waals surface area contributed by atoms with Gasteiger partial charge in [-0.2, -0.15) is 5.10 Å². The standard InChI is InChI=1S/C22H18F2N4O2.C4H7FO2/c23-22(24)9-10-28(21(29)15-5-6-16-12-25-27-18(16)11-15)13-19(22)30-20-8-7-14-3-1-2-4-17(14)26-20;1-4(2,5)3(6)7/h1-8,11-12,19H,9-10,13H2,(H,25,27);1-2H3,(H,6,7). The third-order valence-corrected chi connectivity index (χ3v) is 5.89. The normalized spacial score (nSPS) is 17.2. The van der Waals surface area contributed by atoms with Gasteiger partial charge >= 0.3 is 5.97 Å². The molecule has 37 heavy (non-hydrogen) atoms. The number of likely N-dealkylation sites (tertiary alicyclic amines) is 1. The number of aromatic nitrogens is 3. The molecule has 5 rings (SSSR count). The molecule has 194 valence electrons. The van der Waals surface area contributed by atoms with Crippen molar-refractivity contribution >= 4 is 33.7 Å². The van der Waals surface area contributed by atoms with Gasteiger partial charge in [-0.15, -0.1) is 0 Å². The van der Waals surface area contributed by atoms with Gasteiger partial charge < -0.3 is 14.7 Å². The van der Waals surface area contributed by atoms with Crippen molar-refractivity contribution in [3.8, 4) is 5.88 Å². The summed E-state index contributed by atoms with van der Waals surface area (Å²) in [7, 11) is 0. The quantitative estimate of drug-likeness (QED) is 0.403. The average molecular weight is 515 g/mol. The molecule has 1 unspecified atom stereocenters. The number of alkyl halides is 3. The maximum atomic E-state index is 14.6. The summed E-state index contributed by atoms with van der Waals surface area (Å²) in [5.41, 5.74) is -0.286. The number of amides is 1. The van der Waals surface area contributed by atoms with E-state index >= 15 is 0 Å². The Morgan fingerprint density at radius 1 is 1.14 bits per heavy atom. The Balaban J connectivity index is 0.000000405. The van der Waals surface area contributed by atoms with Crippen molar-refractivity contribution in [3.63, 3.8) is 0 Å². The van der Waals surface area contributed by atoms with E-state index < -0.39 is 30.1 Å². The second-order valence-corrected chi connectivity index (χ2v) is 9.16. The zero-order valence-corrected chi connectivity index (χ0v) is 20.1. The van der Waals surface area contributed by atoms with Crippen LogP contribution in [0.5, 0.6) is 5.88 Å². The zero-order valence-electron chi connectivity index (χ0n) is 20.1. The van der Waals surface area contributed by atoms with Gasteiger partial charge in [-0.25, -0.2) is 22.9 Å². The van der Waals surface area contributed by atoms with Gasteiger partial charge in [0.05, 0.1) is 23.8 Å². The summed E-state index contributed by atoms with van der Waals surface area (Å²) in [4.78, 5) is 28.3. The summed E-state index contributed by atoms with van der Waals surface area (Å²) in [6.45, 7) is 1.73. The molecule has 0 radical (unpaired) electrons. The molecule has 8 nitrogen and oxygen atoms in total. The molecule has 11 heteroatoms. The summed E-state index contributed by atoms with van der Waals surface area (Å²) in [5.74, 6) is -4.68. The Kier molecular flexibility index (Phi) is 7.06. The summed E-state index contributed by atoms with van der Waals surface area (Å²) >= 11 is 0. The lowest BCUT2D eigenvalue weighted by atomic mass is 10.0. The van der Waals surface area contributed by atoms with Gasteiger partial charge in [-0.3, -0.25) is 9.89 Å². The fourth-order valence-corrected chi connectivity index (χ4v) is 3.69. The van der Waals surface area contributed by atoms with Gasteiger partial charge in [0.25, 0.3) is 11.8 Å². The van der Waals surface area contributed by atoms with Crippen LogP contribution in [-0.2, 0) is 4.79 Å². The summed E-state index contributed by atoms with van der Waals surface area (Å²) < 4.78 is 46.6. The van der Waals surface area contributed by atoms with Crippen LogP contribution >= 0.6 is 0 Å². The number of para-hydroxylation sites is 1. The molecule has 2 N–H and O–H groups in total. The molecular formula is C26H25F3N4O4. The predicted octanol–water partition coefficient (Wildman–Crippen LogP) is 4.86. The summed E-state index contributed by atoms with van der Waals surface area (Å²) in [6.07, 6.45) is -0.283. The molecule has 0 saturated carbocycles. The Labute approximate surface area is 210 Å². The highest BCUT2D eigenvalue weighted by Gasteiger charge is 2.47. The Morgan fingerprint density at radius 3 is 2.57 bits per heavy atom. The topological polar surface area (TPSA) is 108 Å². The molecule has 3 heterocycles. The maximum absolute atomic E-state index is 14.6. The molecule has 4 aromatic rings. The Hall–Kier alpha value is -4.15. The van der Waals surface area contributed by atoms with E-state index in [4.69, 9.17) is 9.84 Å². The number of H-pyrrole nitrogens is 1. The van der Waals surface area contributed by atoms with Gasteiger partial charge in [0.1, 0.15) is 0 Å². The molecule has 2 aromatic carbocycles. The van der Waals surface area contributed by atoms with Gasteiger partial charge in [-0.05, 0) is 38.1 Å². The molecule has 1 amide bonds. The van der Waals surface area contributed by atoms with Crippen molar-refractivity contribution in [3.05, 3.63) is 66.4 Å². The number of aliphatic carboxylic acids is 1. The van der Waals surface area contributed by atoms with Gasteiger partial charge in [0, 0.05) is 35.4 Å². The molecule has 1 aliphatic heterocycles. The number of piperidine rings is 1. The van der Waals surface area contributed by atoms with Crippen molar-refractivity contribution < 1.29 is 32.6 Å². The number of hydrogen-bond acceptors (Lipinski definition) is 5. The predicted molar refractivity (Wildman–Crippen MR) is 131 cm³/mol. The Morgan fingerprint density at radius 2 is 1.84 bits per heavy atom. The van der Waals surface area contributed by atoms with Crippen LogP contribution in [0.1, 0.15) is 30.6 Å². The highest BCUT2D eigenvalue weighted by molar-refractivity contribution is 5.97. The number of carbonyl (C=O) groups is 2. The Bertz CT molecular complexity index is 1430. The van der Waals surface area contributed by atoms with Crippen LogP contribution in [0.4, 0.5) is 13.2 Å². The number of rotatable bonds is 4. The molecule has 1 saturated heterocycles. The minimum atomic E-state index is -3.06. The van der Waals surface area contributed by atoms with Crippen molar-refractivity contribution in [2.75, 3.05) is 13.1 Å². The first-order chi connectivity index (χ1) is 17.4. The van der Waals surface area contributed by atoms with Gasteiger partial charge in [-0.1, -0.05) is 24.3 Å². The van der Waals surface area contributed by atoms with Crippen molar-refractivity contribution in [2.24, 2.45) is 0 Å². The fourth-order valence-electron chi connectivity index (χ4n) is 3.69. The molecule has 0 spiro atoms.